The number of aromatic hydroxyl groups is 1. The number of carboxylic acids is 1. The third-order valence-corrected chi connectivity index (χ3v) is 1.49. The van der Waals surface area contributed by atoms with E-state index in [1.165, 1.54) is 18.2 Å². The Morgan fingerprint density at radius 2 is 2.09 bits per heavy atom. The van der Waals surface area contributed by atoms with Gasteiger partial charge in [0, 0.05) is 4.90 Å². The SMILES string of the molecule is O=C(O)c1ccc(S)cc1O. The molecule has 0 aliphatic heterocycles. The molecule has 0 heterocycles. The van der Waals surface area contributed by atoms with Gasteiger partial charge in [-0.3, -0.25) is 0 Å². The second-order valence-corrected chi connectivity index (χ2v) is 2.52. The van der Waals surface area contributed by atoms with Crippen LogP contribution in [0.3, 0.4) is 0 Å². The van der Waals surface area contributed by atoms with Crippen molar-refractivity contribution in [2.75, 3.05) is 0 Å². The molecule has 11 heavy (non-hydrogen) atoms. The topological polar surface area (TPSA) is 57.5 Å². The van der Waals surface area contributed by atoms with Gasteiger partial charge in [0.2, 0.25) is 0 Å². The highest BCUT2D eigenvalue weighted by Gasteiger charge is 2.07. The zero-order valence-electron chi connectivity index (χ0n) is 5.48. The van der Waals surface area contributed by atoms with Gasteiger partial charge in [0.15, 0.2) is 0 Å². The molecule has 3 nitrogen and oxygen atoms in total. The van der Waals surface area contributed by atoms with Gasteiger partial charge in [0.05, 0.1) is 0 Å². The number of aromatic carboxylic acids is 1. The molecule has 0 saturated heterocycles. The maximum absolute atomic E-state index is 10.3. The monoisotopic (exact) mass is 170 g/mol. The first-order valence-electron chi connectivity index (χ1n) is 2.86. The van der Waals surface area contributed by atoms with E-state index in [4.69, 9.17) is 10.2 Å². The van der Waals surface area contributed by atoms with Crippen LogP contribution in [0.25, 0.3) is 0 Å². The fourth-order valence-electron chi connectivity index (χ4n) is 0.701. The van der Waals surface area contributed by atoms with Gasteiger partial charge in [0.1, 0.15) is 11.3 Å². The summed E-state index contributed by atoms with van der Waals surface area (Å²) in [5.74, 6) is -1.40. The summed E-state index contributed by atoms with van der Waals surface area (Å²) in [6.45, 7) is 0. The largest absolute Gasteiger partial charge is 0.507 e. The highest BCUT2D eigenvalue weighted by atomic mass is 32.1. The maximum atomic E-state index is 10.3. The van der Waals surface area contributed by atoms with E-state index < -0.39 is 5.97 Å². The third-order valence-electron chi connectivity index (χ3n) is 1.21. The average molecular weight is 170 g/mol. The van der Waals surface area contributed by atoms with Crippen molar-refractivity contribution in [1.29, 1.82) is 0 Å². The molecule has 0 amide bonds. The van der Waals surface area contributed by atoms with E-state index in [0.717, 1.165) is 0 Å². The smallest absolute Gasteiger partial charge is 0.339 e. The fourth-order valence-corrected chi connectivity index (χ4v) is 0.898. The first-order chi connectivity index (χ1) is 5.11. The number of rotatable bonds is 1. The highest BCUT2D eigenvalue weighted by molar-refractivity contribution is 7.80. The minimum absolute atomic E-state index is 0.109. The first kappa shape index (κ1) is 7.94. The molecule has 0 spiro atoms. The molecule has 1 rings (SSSR count). The molecule has 0 aromatic heterocycles. The van der Waals surface area contributed by atoms with Gasteiger partial charge in [-0.1, -0.05) is 0 Å². The summed E-state index contributed by atoms with van der Waals surface area (Å²) in [4.78, 5) is 10.9. The van der Waals surface area contributed by atoms with Crippen LogP contribution in [0.15, 0.2) is 23.1 Å². The summed E-state index contributed by atoms with van der Waals surface area (Å²) in [6.07, 6.45) is 0. The van der Waals surface area contributed by atoms with Gasteiger partial charge in [0.25, 0.3) is 0 Å². The van der Waals surface area contributed by atoms with Gasteiger partial charge in [-0.05, 0) is 18.2 Å². The molecule has 58 valence electrons. The van der Waals surface area contributed by atoms with Crippen molar-refractivity contribution in [3.63, 3.8) is 0 Å². The Morgan fingerprint density at radius 1 is 1.45 bits per heavy atom. The lowest BCUT2D eigenvalue weighted by Crippen LogP contribution is -1.95. The van der Waals surface area contributed by atoms with E-state index in [0.29, 0.717) is 4.90 Å². The number of hydrogen-bond acceptors (Lipinski definition) is 3. The Morgan fingerprint density at radius 3 is 2.55 bits per heavy atom. The normalized spacial score (nSPS) is 9.55. The van der Waals surface area contributed by atoms with E-state index >= 15 is 0 Å². The third kappa shape index (κ3) is 1.65. The molecule has 0 fully saturated rings. The van der Waals surface area contributed by atoms with Crippen LogP contribution in [0.2, 0.25) is 0 Å². The lowest BCUT2D eigenvalue weighted by molar-refractivity contribution is 0.0693. The van der Waals surface area contributed by atoms with Gasteiger partial charge in [-0.15, -0.1) is 12.6 Å². The number of carbonyl (C=O) groups is 1. The van der Waals surface area contributed by atoms with Crippen molar-refractivity contribution < 1.29 is 15.0 Å². The average Bonchev–Trinajstić information content (AvgIpc) is 1.85. The fraction of sp³-hybridized carbons (Fsp3) is 0. The van der Waals surface area contributed by atoms with Gasteiger partial charge >= 0.3 is 5.97 Å². The second kappa shape index (κ2) is 2.84. The predicted molar refractivity (Wildman–Crippen MR) is 42.3 cm³/mol. The number of phenols is 1. The summed E-state index contributed by atoms with van der Waals surface area (Å²) in [7, 11) is 0. The molecular weight excluding hydrogens is 164 g/mol. The van der Waals surface area contributed by atoms with E-state index in [1.54, 1.807) is 0 Å². The zero-order chi connectivity index (χ0) is 8.43. The minimum atomic E-state index is -1.14. The molecule has 0 aliphatic rings. The second-order valence-electron chi connectivity index (χ2n) is 2.01. The van der Waals surface area contributed by atoms with Crippen LogP contribution in [-0.2, 0) is 0 Å². The van der Waals surface area contributed by atoms with Crippen LogP contribution in [-0.4, -0.2) is 16.2 Å². The van der Waals surface area contributed by atoms with Crippen molar-refractivity contribution in [3.8, 4) is 5.75 Å². The summed E-state index contributed by atoms with van der Waals surface area (Å²) in [5, 5.41) is 17.5. The number of benzene rings is 1. The molecule has 2 N–H and O–H groups in total. The summed E-state index contributed by atoms with van der Waals surface area (Å²) in [6, 6.07) is 4.10. The lowest BCUT2D eigenvalue weighted by atomic mass is 10.2. The Kier molecular flexibility index (Phi) is 2.05. The standard InChI is InChI=1S/C7H6O3S/c8-6-3-4(11)1-2-5(6)7(9)10/h1-3,8,11H,(H,9,10). The molecule has 0 atom stereocenters. The molecule has 0 unspecified atom stereocenters. The summed E-state index contributed by atoms with van der Waals surface area (Å²) >= 11 is 3.92. The van der Waals surface area contributed by atoms with Gasteiger partial charge in [-0.2, -0.15) is 0 Å². The highest BCUT2D eigenvalue weighted by Crippen LogP contribution is 2.20. The molecule has 0 bridgehead atoms. The summed E-state index contributed by atoms with van der Waals surface area (Å²) < 4.78 is 0. The maximum Gasteiger partial charge on any atom is 0.339 e. The van der Waals surface area contributed by atoms with E-state index in [1.807, 2.05) is 0 Å². The van der Waals surface area contributed by atoms with Gasteiger partial charge < -0.3 is 10.2 Å². The first-order valence-corrected chi connectivity index (χ1v) is 3.31. The summed E-state index contributed by atoms with van der Waals surface area (Å²) in [5.41, 5.74) is -0.109. The van der Waals surface area contributed by atoms with Crippen LogP contribution in [0.5, 0.6) is 5.75 Å². The molecular formula is C7H6O3S. The zero-order valence-corrected chi connectivity index (χ0v) is 6.38. The molecule has 0 saturated carbocycles. The Bertz CT molecular complexity index is 296. The van der Waals surface area contributed by atoms with Crippen molar-refractivity contribution >= 4 is 18.6 Å². The predicted octanol–water partition coefficient (Wildman–Crippen LogP) is 1.38. The van der Waals surface area contributed by atoms with Crippen LogP contribution in [0, 0.1) is 0 Å². The van der Waals surface area contributed by atoms with Crippen molar-refractivity contribution in [3.05, 3.63) is 23.8 Å². The molecule has 4 heteroatoms. The number of thiol groups is 1. The minimum Gasteiger partial charge on any atom is -0.507 e. The number of hydrogen-bond donors (Lipinski definition) is 3. The molecule has 0 radical (unpaired) electrons. The van der Waals surface area contributed by atoms with Crippen LogP contribution in [0.1, 0.15) is 10.4 Å². The van der Waals surface area contributed by atoms with Crippen molar-refractivity contribution in [2.45, 2.75) is 4.90 Å². The lowest BCUT2D eigenvalue weighted by Gasteiger charge is -1.98. The van der Waals surface area contributed by atoms with Crippen LogP contribution >= 0.6 is 12.6 Å². The van der Waals surface area contributed by atoms with E-state index in [9.17, 15) is 4.79 Å². The Hall–Kier alpha value is -1.16. The van der Waals surface area contributed by atoms with Crippen molar-refractivity contribution in [2.24, 2.45) is 0 Å². The van der Waals surface area contributed by atoms with Crippen LogP contribution in [0.4, 0.5) is 0 Å². The quantitative estimate of drug-likeness (QED) is 0.558. The molecule has 1 aromatic rings. The van der Waals surface area contributed by atoms with E-state index in [2.05, 4.69) is 12.6 Å². The molecule has 0 aliphatic carbocycles. The van der Waals surface area contributed by atoms with Crippen LogP contribution < -0.4 is 0 Å². The molecule has 1 aromatic carbocycles. The van der Waals surface area contributed by atoms with E-state index in [-0.39, 0.29) is 11.3 Å². The Balaban J connectivity index is 3.20. The number of carboxylic acid groups (broad SMARTS) is 1. The van der Waals surface area contributed by atoms with Crippen molar-refractivity contribution in [1.82, 2.24) is 0 Å². The Labute approximate surface area is 68.7 Å². The van der Waals surface area contributed by atoms with Gasteiger partial charge in [-0.25, -0.2) is 4.79 Å².